The maximum absolute atomic E-state index is 10.8. The third-order valence-electron chi connectivity index (χ3n) is 4.71. The number of carbonyl (C=O) groups excluding carboxylic acids is 1. The highest BCUT2D eigenvalue weighted by atomic mass is 16.5. The normalized spacial score (nSPS) is 12.5. The maximum atomic E-state index is 10.8. The van der Waals surface area contributed by atoms with E-state index in [4.69, 9.17) is 10.5 Å². The minimum Gasteiger partial charge on any atom is -0.484 e. The Bertz CT molecular complexity index is 814. The van der Waals surface area contributed by atoms with E-state index >= 15 is 0 Å². The number of ether oxygens (including phenoxy) is 1. The standard InChI is InChI=1S/C24H34N4O2/c1-17(2)15-20-5-9-21(10-6-20)18(3)28-24(26-4)27-14-13-19-7-11-22(12-8-19)30-16-23(25)29/h5-12,17-18H,13-16H2,1-4H3,(H2,25,29)(H2,26,27,28). The van der Waals surface area contributed by atoms with Crippen molar-refractivity contribution in [3.8, 4) is 5.75 Å². The van der Waals surface area contributed by atoms with Crippen molar-refractivity contribution in [2.45, 2.75) is 39.7 Å². The van der Waals surface area contributed by atoms with Crippen LogP contribution in [0.3, 0.4) is 0 Å². The molecule has 2 aromatic rings. The van der Waals surface area contributed by atoms with Crippen LogP contribution in [0.2, 0.25) is 0 Å². The molecule has 2 aromatic carbocycles. The predicted octanol–water partition coefficient (Wildman–Crippen LogP) is 3.22. The fourth-order valence-corrected chi connectivity index (χ4v) is 3.13. The van der Waals surface area contributed by atoms with E-state index in [1.165, 1.54) is 11.1 Å². The predicted molar refractivity (Wildman–Crippen MR) is 123 cm³/mol. The summed E-state index contributed by atoms with van der Waals surface area (Å²) in [5.74, 6) is 1.59. The Kier molecular flexibility index (Phi) is 9.19. The number of rotatable bonds is 10. The van der Waals surface area contributed by atoms with Crippen LogP contribution in [-0.2, 0) is 17.6 Å². The number of nitrogens with zero attached hydrogens (tertiary/aromatic N) is 1. The van der Waals surface area contributed by atoms with Gasteiger partial charge in [-0.05, 0) is 54.5 Å². The zero-order valence-corrected chi connectivity index (χ0v) is 18.4. The van der Waals surface area contributed by atoms with Gasteiger partial charge >= 0.3 is 0 Å². The lowest BCUT2D eigenvalue weighted by Crippen LogP contribution is -2.39. The van der Waals surface area contributed by atoms with Gasteiger partial charge in [0.15, 0.2) is 12.6 Å². The number of benzene rings is 2. The van der Waals surface area contributed by atoms with Gasteiger partial charge in [0.25, 0.3) is 5.91 Å². The SMILES string of the molecule is CN=C(NCCc1ccc(OCC(N)=O)cc1)NC(C)c1ccc(CC(C)C)cc1. The lowest BCUT2D eigenvalue weighted by molar-refractivity contribution is -0.119. The molecule has 4 N–H and O–H groups in total. The average molecular weight is 411 g/mol. The number of aliphatic imine (C=N–C) groups is 1. The molecule has 0 saturated heterocycles. The Hall–Kier alpha value is -3.02. The van der Waals surface area contributed by atoms with Gasteiger partial charge in [-0.15, -0.1) is 0 Å². The van der Waals surface area contributed by atoms with Crippen LogP contribution >= 0.6 is 0 Å². The first-order chi connectivity index (χ1) is 14.4. The van der Waals surface area contributed by atoms with E-state index in [2.05, 4.69) is 60.7 Å². The van der Waals surface area contributed by atoms with Gasteiger partial charge in [0.2, 0.25) is 0 Å². The summed E-state index contributed by atoms with van der Waals surface area (Å²) in [5, 5.41) is 6.80. The van der Waals surface area contributed by atoms with Gasteiger partial charge in [0.05, 0.1) is 6.04 Å². The van der Waals surface area contributed by atoms with E-state index in [9.17, 15) is 4.79 Å². The van der Waals surface area contributed by atoms with Crippen LogP contribution in [-0.4, -0.2) is 32.1 Å². The number of hydrogen-bond acceptors (Lipinski definition) is 3. The molecular formula is C24H34N4O2. The van der Waals surface area contributed by atoms with E-state index in [-0.39, 0.29) is 12.6 Å². The number of guanidine groups is 1. The van der Waals surface area contributed by atoms with Gasteiger partial charge in [0, 0.05) is 13.6 Å². The van der Waals surface area contributed by atoms with Gasteiger partial charge < -0.3 is 21.1 Å². The van der Waals surface area contributed by atoms with Gasteiger partial charge in [-0.25, -0.2) is 0 Å². The molecular weight excluding hydrogens is 376 g/mol. The lowest BCUT2D eigenvalue weighted by atomic mass is 10.00. The quantitative estimate of drug-likeness (QED) is 0.414. The van der Waals surface area contributed by atoms with Crippen molar-refractivity contribution < 1.29 is 9.53 Å². The molecule has 6 nitrogen and oxygen atoms in total. The van der Waals surface area contributed by atoms with Crippen LogP contribution in [0.4, 0.5) is 0 Å². The largest absolute Gasteiger partial charge is 0.484 e. The third kappa shape index (κ3) is 8.15. The molecule has 1 amide bonds. The minimum absolute atomic E-state index is 0.110. The lowest BCUT2D eigenvalue weighted by Gasteiger charge is -2.19. The Morgan fingerprint density at radius 1 is 1.03 bits per heavy atom. The van der Waals surface area contributed by atoms with Gasteiger partial charge in [-0.2, -0.15) is 0 Å². The van der Waals surface area contributed by atoms with Crippen molar-refractivity contribution in [1.29, 1.82) is 0 Å². The summed E-state index contributed by atoms with van der Waals surface area (Å²) in [7, 11) is 1.78. The van der Waals surface area contributed by atoms with Crippen LogP contribution in [0.25, 0.3) is 0 Å². The molecule has 1 unspecified atom stereocenters. The van der Waals surface area contributed by atoms with E-state index in [1.54, 1.807) is 7.05 Å². The molecule has 0 heterocycles. The Morgan fingerprint density at radius 2 is 1.67 bits per heavy atom. The van der Waals surface area contributed by atoms with E-state index < -0.39 is 5.91 Å². The smallest absolute Gasteiger partial charge is 0.255 e. The van der Waals surface area contributed by atoms with Crippen LogP contribution in [0.5, 0.6) is 5.75 Å². The Labute approximate surface area is 179 Å². The van der Waals surface area contributed by atoms with Gasteiger partial charge in [-0.3, -0.25) is 9.79 Å². The first-order valence-corrected chi connectivity index (χ1v) is 10.4. The van der Waals surface area contributed by atoms with Crippen molar-refractivity contribution >= 4 is 11.9 Å². The topological polar surface area (TPSA) is 88.7 Å². The van der Waals surface area contributed by atoms with Crippen molar-refractivity contribution in [2.75, 3.05) is 20.2 Å². The summed E-state index contributed by atoms with van der Waals surface area (Å²) in [4.78, 5) is 15.1. The average Bonchev–Trinajstić information content (AvgIpc) is 2.72. The molecule has 1 atom stereocenters. The fourth-order valence-electron chi connectivity index (χ4n) is 3.13. The second kappa shape index (κ2) is 11.9. The molecule has 162 valence electrons. The van der Waals surface area contributed by atoms with Gasteiger partial charge in [0.1, 0.15) is 5.75 Å². The second-order valence-electron chi connectivity index (χ2n) is 7.85. The summed E-state index contributed by atoms with van der Waals surface area (Å²) in [6.07, 6.45) is 1.94. The van der Waals surface area contributed by atoms with Crippen LogP contribution in [0.15, 0.2) is 53.5 Å². The molecule has 0 aliphatic carbocycles. The molecule has 0 aromatic heterocycles. The Balaban J connectivity index is 1.79. The summed E-state index contributed by atoms with van der Waals surface area (Å²) >= 11 is 0. The van der Waals surface area contributed by atoms with Crippen LogP contribution in [0, 0.1) is 5.92 Å². The number of amides is 1. The molecule has 6 heteroatoms. The first kappa shape index (κ1) is 23.3. The molecule has 0 bridgehead atoms. The minimum atomic E-state index is -0.483. The monoisotopic (exact) mass is 410 g/mol. The second-order valence-corrected chi connectivity index (χ2v) is 7.85. The number of nitrogens with two attached hydrogens (primary N) is 1. The maximum Gasteiger partial charge on any atom is 0.255 e. The van der Waals surface area contributed by atoms with Crippen molar-refractivity contribution in [2.24, 2.45) is 16.6 Å². The van der Waals surface area contributed by atoms with Crippen molar-refractivity contribution in [1.82, 2.24) is 10.6 Å². The van der Waals surface area contributed by atoms with Crippen LogP contribution < -0.4 is 21.1 Å². The van der Waals surface area contributed by atoms with E-state index in [0.29, 0.717) is 11.7 Å². The highest BCUT2D eigenvalue weighted by Gasteiger charge is 2.08. The number of hydrogen-bond donors (Lipinski definition) is 3. The molecule has 0 aliphatic heterocycles. The number of primary amides is 1. The molecule has 30 heavy (non-hydrogen) atoms. The molecule has 2 rings (SSSR count). The number of nitrogens with one attached hydrogen (secondary N) is 2. The zero-order chi connectivity index (χ0) is 21.9. The summed E-state index contributed by atoms with van der Waals surface area (Å²) in [6.45, 7) is 7.25. The molecule has 0 aliphatic rings. The highest BCUT2D eigenvalue weighted by Crippen LogP contribution is 2.16. The summed E-state index contributed by atoms with van der Waals surface area (Å²) in [6, 6.07) is 16.6. The first-order valence-electron chi connectivity index (χ1n) is 10.4. The fraction of sp³-hybridized carbons (Fsp3) is 0.417. The van der Waals surface area contributed by atoms with Crippen molar-refractivity contribution in [3.05, 3.63) is 65.2 Å². The summed E-state index contributed by atoms with van der Waals surface area (Å²) in [5.41, 5.74) is 8.85. The third-order valence-corrected chi connectivity index (χ3v) is 4.71. The van der Waals surface area contributed by atoms with E-state index in [0.717, 1.165) is 30.9 Å². The summed E-state index contributed by atoms with van der Waals surface area (Å²) < 4.78 is 5.28. The molecule has 0 fully saturated rings. The van der Waals surface area contributed by atoms with Crippen molar-refractivity contribution in [3.63, 3.8) is 0 Å². The Morgan fingerprint density at radius 3 is 2.23 bits per heavy atom. The number of carbonyl (C=O) groups is 1. The van der Waals surface area contributed by atoms with Crippen LogP contribution in [0.1, 0.15) is 43.5 Å². The molecule has 0 saturated carbocycles. The molecule has 0 spiro atoms. The highest BCUT2D eigenvalue weighted by molar-refractivity contribution is 5.80. The van der Waals surface area contributed by atoms with E-state index in [1.807, 2.05) is 24.3 Å². The zero-order valence-electron chi connectivity index (χ0n) is 18.4. The van der Waals surface area contributed by atoms with Gasteiger partial charge in [-0.1, -0.05) is 50.2 Å². The molecule has 0 radical (unpaired) electrons.